The van der Waals surface area contributed by atoms with Gasteiger partial charge >= 0.3 is 0 Å². The fraction of sp³-hybridized carbons (Fsp3) is 0.375. The van der Waals surface area contributed by atoms with Crippen LogP contribution in [0.25, 0.3) is 5.69 Å². The van der Waals surface area contributed by atoms with Crippen LogP contribution in [-0.4, -0.2) is 43.8 Å². The van der Waals surface area contributed by atoms with Gasteiger partial charge in [0.1, 0.15) is 5.82 Å². The third-order valence-corrected chi connectivity index (χ3v) is 6.95. The molecule has 3 aromatic rings. The smallest absolute Gasteiger partial charge is 0.196 e. The van der Waals surface area contributed by atoms with Gasteiger partial charge in [0.15, 0.2) is 28.4 Å². The summed E-state index contributed by atoms with van der Waals surface area (Å²) >= 11 is 1.18. The van der Waals surface area contributed by atoms with Gasteiger partial charge in [-0.1, -0.05) is 18.2 Å². The van der Waals surface area contributed by atoms with Gasteiger partial charge in [-0.25, -0.2) is 13.2 Å². The molecule has 4 rings (SSSR count). The van der Waals surface area contributed by atoms with E-state index in [1.165, 1.54) is 36.4 Å². The van der Waals surface area contributed by atoms with E-state index in [1.54, 1.807) is 19.1 Å². The molecule has 0 spiro atoms. The van der Waals surface area contributed by atoms with Gasteiger partial charge in [-0.3, -0.25) is 14.3 Å². The summed E-state index contributed by atoms with van der Waals surface area (Å²) in [6, 6.07) is 9.14. The largest absolute Gasteiger partial charge is 0.294 e. The molecule has 0 N–H and O–H groups in total. The van der Waals surface area contributed by atoms with Gasteiger partial charge in [0, 0.05) is 11.3 Å². The summed E-state index contributed by atoms with van der Waals surface area (Å²) in [6.07, 6.45) is 3.45. The van der Waals surface area contributed by atoms with Crippen LogP contribution in [0.1, 0.15) is 55.3 Å². The zero-order valence-electron chi connectivity index (χ0n) is 18.5. The number of rotatable bonds is 7. The molecule has 9 heteroatoms. The summed E-state index contributed by atoms with van der Waals surface area (Å²) in [6.45, 7) is 5.68. The molecule has 1 aromatic heterocycles. The number of thioether (sulfide) groups is 1. The van der Waals surface area contributed by atoms with Gasteiger partial charge in [0.05, 0.1) is 11.3 Å². The number of hydrogen-bond acceptors (Lipinski definition) is 5. The van der Waals surface area contributed by atoms with Crippen molar-refractivity contribution >= 4 is 17.5 Å². The number of piperidine rings is 1. The van der Waals surface area contributed by atoms with Crippen LogP contribution in [0.2, 0.25) is 0 Å². The maximum Gasteiger partial charge on any atom is 0.196 e. The van der Waals surface area contributed by atoms with Crippen LogP contribution in [0, 0.1) is 17.5 Å². The number of nitrogens with zero attached hydrogens (tertiary/aromatic N) is 4. The number of hydrogen-bond donors (Lipinski definition) is 0. The Bertz CT molecular complexity index is 1130. The van der Waals surface area contributed by atoms with Gasteiger partial charge in [-0.05, 0) is 82.2 Å². The highest BCUT2D eigenvalue weighted by Crippen LogP contribution is 2.32. The Hall–Kier alpha value is -2.65. The minimum absolute atomic E-state index is 0.0191. The maximum absolute atomic E-state index is 13.6. The average Bonchev–Trinajstić information content (AvgIpc) is 3.24. The molecule has 2 atom stereocenters. The lowest BCUT2D eigenvalue weighted by Crippen LogP contribution is -2.33. The van der Waals surface area contributed by atoms with Crippen molar-refractivity contribution in [2.75, 3.05) is 13.1 Å². The molecular weight excluding hydrogens is 449 g/mol. The Balaban J connectivity index is 1.65. The first-order chi connectivity index (χ1) is 15.8. The van der Waals surface area contributed by atoms with Crippen LogP contribution in [0.3, 0.4) is 0 Å². The Morgan fingerprint density at radius 2 is 1.64 bits per heavy atom. The quantitative estimate of drug-likeness (QED) is 0.330. The topological polar surface area (TPSA) is 51.0 Å². The molecule has 1 fully saturated rings. The summed E-state index contributed by atoms with van der Waals surface area (Å²) in [4.78, 5) is 15.2. The van der Waals surface area contributed by atoms with E-state index in [1.807, 2.05) is 4.57 Å². The summed E-state index contributed by atoms with van der Waals surface area (Å²) in [5.41, 5.74) is 0.777. The highest BCUT2D eigenvalue weighted by atomic mass is 32.2. The van der Waals surface area contributed by atoms with Crippen LogP contribution in [0.4, 0.5) is 13.2 Å². The second kappa shape index (κ2) is 10.1. The van der Waals surface area contributed by atoms with Crippen LogP contribution in [-0.2, 0) is 0 Å². The average molecular weight is 475 g/mol. The number of aromatic nitrogens is 3. The number of Topliss-reactive ketones (excluding diaryl/α,β-unsaturated/α-hetero) is 1. The molecule has 0 amide bonds. The molecule has 0 bridgehead atoms. The predicted octanol–water partition coefficient (Wildman–Crippen LogP) is 5.60. The minimum atomic E-state index is -1.06. The molecule has 2 unspecified atom stereocenters. The van der Waals surface area contributed by atoms with Crippen molar-refractivity contribution < 1.29 is 18.0 Å². The zero-order chi connectivity index (χ0) is 23.5. The highest BCUT2D eigenvalue weighted by Gasteiger charge is 2.27. The molecule has 2 aromatic carbocycles. The molecule has 174 valence electrons. The van der Waals surface area contributed by atoms with E-state index in [4.69, 9.17) is 0 Å². The molecular formula is C24H25F3N4OS. The van der Waals surface area contributed by atoms with E-state index in [9.17, 15) is 18.0 Å². The molecule has 1 aliphatic rings. The summed E-state index contributed by atoms with van der Waals surface area (Å²) < 4.78 is 42.3. The van der Waals surface area contributed by atoms with Gasteiger partial charge < -0.3 is 0 Å². The number of carbonyl (C=O) groups is 1. The number of halogens is 3. The molecule has 2 heterocycles. The van der Waals surface area contributed by atoms with Crippen LogP contribution < -0.4 is 0 Å². The number of likely N-dealkylation sites (tertiary alicyclic amines) is 1. The van der Waals surface area contributed by atoms with Crippen molar-refractivity contribution in [3.63, 3.8) is 0 Å². The Morgan fingerprint density at radius 1 is 0.939 bits per heavy atom. The SMILES string of the molecule is CC(Sc1nnc(C(C)N2CCCCC2)n1-c1ccc(F)cc1)C(=O)c1ccc(F)c(F)c1. The van der Waals surface area contributed by atoms with Gasteiger partial charge in [-0.2, -0.15) is 0 Å². The van der Waals surface area contributed by atoms with Crippen molar-refractivity contribution in [3.8, 4) is 5.69 Å². The number of ketones is 1. The lowest BCUT2D eigenvalue weighted by atomic mass is 10.1. The van der Waals surface area contributed by atoms with Gasteiger partial charge in [0.2, 0.25) is 0 Å². The molecule has 0 saturated carbocycles. The molecule has 1 aliphatic heterocycles. The fourth-order valence-electron chi connectivity index (χ4n) is 4.03. The first-order valence-electron chi connectivity index (χ1n) is 11.0. The van der Waals surface area contributed by atoms with E-state index in [0.717, 1.165) is 38.1 Å². The van der Waals surface area contributed by atoms with E-state index in [0.29, 0.717) is 16.7 Å². The van der Waals surface area contributed by atoms with Crippen LogP contribution in [0.15, 0.2) is 47.6 Å². The van der Waals surface area contributed by atoms with Crippen LogP contribution in [0.5, 0.6) is 0 Å². The van der Waals surface area contributed by atoms with Gasteiger partial charge in [-0.15, -0.1) is 10.2 Å². The molecule has 0 radical (unpaired) electrons. The standard InChI is InChI=1S/C24H25F3N4OS/c1-15(30-12-4-3-5-13-30)23-28-29-24(31(23)19-9-7-18(25)8-10-19)33-16(2)22(32)17-6-11-20(26)21(27)14-17/h6-11,14-16H,3-5,12-13H2,1-2H3. The van der Waals surface area contributed by atoms with Crippen molar-refractivity contribution in [1.29, 1.82) is 0 Å². The number of carbonyl (C=O) groups excluding carboxylic acids is 1. The second-order valence-electron chi connectivity index (χ2n) is 8.18. The summed E-state index contributed by atoms with van der Waals surface area (Å²) in [7, 11) is 0. The summed E-state index contributed by atoms with van der Waals surface area (Å²) in [5.74, 6) is -2.06. The highest BCUT2D eigenvalue weighted by molar-refractivity contribution is 8.00. The first kappa shape index (κ1) is 23.5. The zero-order valence-corrected chi connectivity index (χ0v) is 19.3. The first-order valence-corrected chi connectivity index (χ1v) is 11.8. The third kappa shape index (κ3) is 5.14. The van der Waals surface area contributed by atoms with E-state index in [-0.39, 0.29) is 23.2 Å². The lowest BCUT2D eigenvalue weighted by molar-refractivity contribution is 0.0993. The molecule has 0 aliphatic carbocycles. The molecule has 1 saturated heterocycles. The van der Waals surface area contributed by atoms with Crippen molar-refractivity contribution in [1.82, 2.24) is 19.7 Å². The fourth-order valence-corrected chi connectivity index (χ4v) is 4.98. The van der Waals surface area contributed by atoms with Crippen LogP contribution >= 0.6 is 11.8 Å². The Labute approximate surface area is 195 Å². The van der Waals surface area contributed by atoms with Crippen molar-refractivity contribution in [2.45, 2.75) is 49.6 Å². The monoisotopic (exact) mass is 474 g/mol. The normalized spacial score (nSPS) is 16.5. The Kier molecular flexibility index (Phi) is 7.19. The second-order valence-corrected chi connectivity index (χ2v) is 9.49. The van der Waals surface area contributed by atoms with Crippen molar-refractivity contribution in [3.05, 3.63) is 71.3 Å². The Morgan fingerprint density at radius 3 is 2.30 bits per heavy atom. The van der Waals surface area contributed by atoms with E-state index < -0.39 is 16.9 Å². The summed E-state index contributed by atoms with van der Waals surface area (Å²) in [5, 5.41) is 8.63. The molecule has 33 heavy (non-hydrogen) atoms. The van der Waals surface area contributed by atoms with E-state index in [2.05, 4.69) is 22.0 Å². The maximum atomic E-state index is 13.6. The number of benzene rings is 2. The third-order valence-electron chi connectivity index (χ3n) is 5.91. The van der Waals surface area contributed by atoms with Gasteiger partial charge in [0.25, 0.3) is 0 Å². The predicted molar refractivity (Wildman–Crippen MR) is 121 cm³/mol. The molecule has 5 nitrogen and oxygen atoms in total. The lowest BCUT2D eigenvalue weighted by Gasteiger charge is -2.32. The minimum Gasteiger partial charge on any atom is -0.294 e. The van der Waals surface area contributed by atoms with Crippen molar-refractivity contribution in [2.24, 2.45) is 0 Å². The van der Waals surface area contributed by atoms with E-state index >= 15 is 0 Å².